The molecule has 66 heavy (non-hydrogen) atoms. The summed E-state index contributed by atoms with van der Waals surface area (Å²) in [5.74, 6) is -1.36. The lowest BCUT2D eigenvalue weighted by Gasteiger charge is -2.19. The first kappa shape index (κ1) is 63.3. The zero-order valence-corrected chi connectivity index (χ0v) is 43.8. The average molecular weight is 938 g/mol. The Labute approximate surface area is 405 Å². The quantitative estimate of drug-likeness (QED) is 0.0328. The van der Waals surface area contributed by atoms with Crippen molar-refractivity contribution in [2.24, 2.45) is 5.92 Å². The minimum atomic E-state index is -0.938. The van der Waals surface area contributed by atoms with E-state index in [4.69, 9.17) is 23.7 Å². The molecule has 0 aliphatic heterocycles. The van der Waals surface area contributed by atoms with E-state index in [-0.39, 0.29) is 56.9 Å². The lowest BCUT2D eigenvalue weighted by molar-refractivity contribution is -0.167. The van der Waals surface area contributed by atoms with E-state index in [9.17, 15) is 24.0 Å². The van der Waals surface area contributed by atoms with Gasteiger partial charge in [0, 0.05) is 32.1 Å². The van der Waals surface area contributed by atoms with Gasteiger partial charge in [0.05, 0.1) is 6.61 Å². The second-order valence-electron chi connectivity index (χ2n) is 19.3. The summed E-state index contributed by atoms with van der Waals surface area (Å²) in [5, 5.41) is 0. The molecule has 2 atom stereocenters. The Morgan fingerprint density at radius 2 is 0.652 bits per heavy atom. The van der Waals surface area contributed by atoms with Crippen LogP contribution in [0.4, 0.5) is 0 Å². The van der Waals surface area contributed by atoms with Gasteiger partial charge in [-0.05, 0) is 90.8 Å². The second-order valence-corrected chi connectivity index (χ2v) is 19.3. The van der Waals surface area contributed by atoms with Gasteiger partial charge in [-0.1, -0.05) is 169 Å². The molecule has 0 spiro atoms. The number of hydrogen-bond donors (Lipinski definition) is 0. The minimum absolute atomic E-state index is 0.0224. The molecule has 388 valence electrons. The Morgan fingerprint density at radius 1 is 0.333 bits per heavy atom. The van der Waals surface area contributed by atoms with Crippen molar-refractivity contribution in [2.75, 3.05) is 40.5 Å². The third-order valence-corrected chi connectivity index (χ3v) is 12.4. The maximum Gasteiger partial charge on any atom is 0.306 e. The highest BCUT2D eigenvalue weighted by molar-refractivity contribution is 5.73. The van der Waals surface area contributed by atoms with Crippen LogP contribution in [0.15, 0.2) is 0 Å². The van der Waals surface area contributed by atoms with Crippen molar-refractivity contribution in [3.05, 3.63) is 0 Å². The Kier molecular flexibility index (Phi) is 45.4. The van der Waals surface area contributed by atoms with Crippen molar-refractivity contribution in [1.82, 2.24) is 4.90 Å². The molecule has 0 aromatic carbocycles. The molecule has 0 amide bonds. The fraction of sp³-hybridized carbons (Fsp3) is 0.909. The number of ether oxygens (including phenoxy) is 5. The predicted octanol–water partition coefficient (Wildman–Crippen LogP) is 14.1. The number of carbonyl (C=O) groups is 5. The zero-order chi connectivity index (χ0) is 48.7. The molecule has 0 rings (SSSR count). The fourth-order valence-corrected chi connectivity index (χ4v) is 8.16. The van der Waals surface area contributed by atoms with Crippen LogP contribution in [0.3, 0.4) is 0 Å². The van der Waals surface area contributed by atoms with Crippen molar-refractivity contribution in [3.8, 4) is 0 Å². The molecular formula is C55H103NO10. The molecule has 0 radical (unpaired) electrons. The van der Waals surface area contributed by atoms with Crippen LogP contribution in [0.2, 0.25) is 0 Å². The van der Waals surface area contributed by atoms with E-state index in [0.29, 0.717) is 51.2 Å². The van der Waals surface area contributed by atoms with E-state index >= 15 is 0 Å². The number of nitrogens with zero attached hydrogens (tertiary/aromatic N) is 1. The molecule has 0 bridgehead atoms. The lowest BCUT2D eigenvalue weighted by atomic mass is 9.95. The van der Waals surface area contributed by atoms with Crippen molar-refractivity contribution in [3.63, 3.8) is 0 Å². The summed E-state index contributed by atoms with van der Waals surface area (Å²) in [7, 11) is 3.85. The highest BCUT2D eigenvalue weighted by Crippen LogP contribution is 2.21. The monoisotopic (exact) mass is 938 g/mol. The lowest BCUT2D eigenvalue weighted by Crippen LogP contribution is -2.31. The van der Waals surface area contributed by atoms with E-state index in [1.165, 1.54) is 116 Å². The molecule has 0 N–H and O–H groups in total. The van der Waals surface area contributed by atoms with E-state index in [1.807, 2.05) is 19.0 Å². The molecule has 2 unspecified atom stereocenters. The van der Waals surface area contributed by atoms with Crippen molar-refractivity contribution in [1.29, 1.82) is 0 Å². The van der Waals surface area contributed by atoms with E-state index in [1.54, 1.807) is 0 Å². The largest absolute Gasteiger partial charge is 0.465 e. The van der Waals surface area contributed by atoms with Crippen LogP contribution in [-0.4, -0.2) is 87.4 Å². The van der Waals surface area contributed by atoms with Crippen molar-refractivity contribution >= 4 is 29.8 Å². The summed E-state index contributed by atoms with van der Waals surface area (Å²) in [6.07, 6.45) is 34.6. The molecule has 0 aromatic rings. The molecule has 0 fully saturated rings. The molecule has 0 heterocycles. The van der Waals surface area contributed by atoms with Crippen molar-refractivity contribution in [2.45, 2.75) is 277 Å². The molecule has 0 aromatic heterocycles. The maximum atomic E-state index is 12.8. The van der Waals surface area contributed by atoms with Crippen LogP contribution in [0.1, 0.15) is 265 Å². The van der Waals surface area contributed by atoms with Crippen LogP contribution >= 0.6 is 0 Å². The van der Waals surface area contributed by atoms with Gasteiger partial charge in [0.15, 0.2) is 6.10 Å². The van der Waals surface area contributed by atoms with Crippen LogP contribution in [-0.2, 0) is 47.7 Å². The van der Waals surface area contributed by atoms with E-state index in [2.05, 4.69) is 27.7 Å². The molecule has 0 aliphatic rings. The SMILES string of the molecule is CCCCCCCCC(CCCCCC)COC(=O)CCCCCCC(=O)OCC(COC(=O)CCCC(=O)OC(CCCCCCCC)CCCCCCCC)OC(=O)CCCN(C)C. The Balaban J connectivity index is 4.76. The normalized spacial score (nSPS) is 12.3. The highest BCUT2D eigenvalue weighted by atomic mass is 16.6. The highest BCUT2D eigenvalue weighted by Gasteiger charge is 2.21. The topological polar surface area (TPSA) is 135 Å². The first-order chi connectivity index (χ1) is 32.0. The molecule has 0 saturated carbocycles. The summed E-state index contributed by atoms with van der Waals surface area (Å²) >= 11 is 0. The predicted molar refractivity (Wildman–Crippen MR) is 268 cm³/mol. The minimum Gasteiger partial charge on any atom is -0.465 e. The summed E-state index contributed by atoms with van der Waals surface area (Å²) < 4.78 is 28.2. The molecule has 11 heteroatoms. The van der Waals surface area contributed by atoms with Gasteiger partial charge in [-0.3, -0.25) is 24.0 Å². The second kappa shape index (κ2) is 47.4. The van der Waals surface area contributed by atoms with Gasteiger partial charge in [0.1, 0.15) is 19.3 Å². The van der Waals surface area contributed by atoms with Crippen LogP contribution in [0, 0.1) is 5.92 Å². The van der Waals surface area contributed by atoms with Gasteiger partial charge in [0.25, 0.3) is 0 Å². The summed E-state index contributed by atoms with van der Waals surface area (Å²) in [6.45, 7) is 9.67. The van der Waals surface area contributed by atoms with Gasteiger partial charge in [-0.15, -0.1) is 0 Å². The number of rotatable bonds is 49. The number of unbranched alkanes of at least 4 members (excludes halogenated alkanes) is 21. The van der Waals surface area contributed by atoms with Crippen LogP contribution in [0.25, 0.3) is 0 Å². The molecule has 0 saturated heterocycles. The first-order valence-electron chi connectivity index (χ1n) is 27.5. The molecule has 11 nitrogen and oxygen atoms in total. The Bertz CT molecular complexity index is 1150. The standard InChI is InChI=1S/C55H103NO10/c1-7-11-15-19-22-28-36-48(35-27-18-14-10-4)45-62-51(57)39-31-25-26-32-40-52(58)63-46-50(66-55(61)43-34-44-56(5)6)47-64-53(59)41-33-42-54(60)65-49(37-29-23-20-16-12-8-2)38-30-24-21-17-13-9-3/h48-50H,7-47H2,1-6H3. The van der Waals surface area contributed by atoms with Gasteiger partial charge < -0.3 is 28.6 Å². The molecule has 0 aliphatic carbocycles. The van der Waals surface area contributed by atoms with Gasteiger partial charge >= 0.3 is 29.8 Å². The summed E-state index contributed by atoms with van der Waals surface area (Å²) in [5.41, 5.74) is 0. The third kappa shape index (κ3) is 43.9. The van der Waals surface area contributed by atoms with Gasteiger partial charge in [-0.25, -0.2) is 0 Å². The van der Waals surface area contributed by atoms with Crippen LogP contribution in [0.5, 0.6) is 0 Å². The molecular weight excluding hydrogens is 835 g/mol. The maximum absolute atomic E-state index is 12.8. The number of carbonyl (C=O) groups excluding carboxylic acids is 5. The average Bonchev–Trinajstić information content (AvgIpc) is 3.29. The van der Waals surface area contributed by atoms with E-state index in [0.717, 1.165) is 64.2 Å². The van der Waals surface area contributed by atoms with E-state index < -0.39 is 24.0 Å². The third-order valence-electron chi connectivity index (χ3n) is 12.4. The van der Waals surface area contributed by atoms with Crippen molar-refractivity contribution < 1.29 is 47.7 Å². The number of esters is 5. The fourth-order valence-electron chi connectivity index (χ4n) is 8.16. The zero-order valence-electron chi connectivity index (χ0n) is 43.8. The summed E-state index contributed by atoms with van der Waals surface area (Å²) in [6, 6.07) is 0. The van der Waals surface area contributed by atoms with Gasteiger partial charge in [-0.2, -0.15) is 0 Å². The smallest absolute Gasteiger partial charge is 0.306 e. The number of hydrogen-bond acceptors (Lipinski definition) is 11. The summed E-state index contributed by atoms with van der Waals surface area (Å²) in [4.78, 5) is 65.4. The Hall–Kier alpha value is -2.69. The van der Waals surface area contributed by atoms with Gasteiger partial charge in [0.2, 0.25) is 0 Å². The Morgan fingerprint density at radius 3 is 1.09 bits per heavy atom. The van der Waals surface area contributed by atoms with Crippen LogP contribution < -0.4 is 0 Å². The first-order valence-corrected chi connectivity index (χ1v) is 27.5.